The molecule has 17 heavy (non-hydrogen) atoms. The topological polar surface area (TPSA) is 50.9 Å². The largest absolute Gasteiger partial charge is 0.384 e. The van der Waals surface area contributed by atoms with Crippen LogP contribution in [0.1, 0.15) is 30.8 Å². The maximum absolute atomic E-state index is 9.90. The predicted molar refractivity (Wildman–Crippen MR) is 65.5 cm³/mol. The van der Waals surface area contributed by atoms with Gasteiger partial charge in [-0.25, -0.2) is 0 Å². The van der Waals surface area contributed by atoms with E-state index >= 15 is 0 Å². The number of hydrogen-bond acceptors (Lipinski definition) is 3. The van der Waals surface area contributed by atoms with Gasteiger partial charge in [0.25, 0.3) is 0 Å². The highest BCUT2D eigenvalue weighted by atomic mass is 16.3. The predicted octanol–water partition coefficient (Wildman–Crippen LogP) is 1.86. The molecule has 0 bridgehead atoms. The molecule has 4 heteroatoms. The lowest BCUT2D eigenvalue weighted by Crippen LogP contribution is -2.18. The lowest BCUT2D eigenvalue weighted by Gasteiger charge is -2.17. The van der Waals surface area contributed by atoms with Gasteiger partial charge in [0, 0.05) is 6.20 Å². The first kappa shape index (κ1) is 11.8. The first-order valence-corrected chi connectivity index (χ1v) is 5.63. The molecule has 0 radical (unpaired) electrons. The number of rotatable bonds is 3. The first-order valence-electron chi connectivity index (χ1n) is 5.63. The summed E-state index contributed by atoms with van der Waals surface area (Å²) < 4.78 is 1.84. The van der Waals surface area contributed by atoms with Gasteiger partial charge >= 0.3 is 0 Å². The van der Waals surface area contributed by atoms with Crippen LogP contribution in [0.15, 0.2) is 30.6 Å². The van der Waals surface area contributed by atoms with Gasteiger partial charge in [-0.05, 0) is 38.5 Å². The number of hydrogen-bond donors (Lipinski definition) is 1. The second-order valence-electron chi connectivity index (χ2n) is 4.79. The summed E-state index contributed by atoms with van der Waals surface area (Å²) in [5.41, 5.74) is 1.80. The summed E-state index contributed by atoms with van der Waals surface area (Å²) in [4.78, 5) is 4.44. The van der Waals surface area contributed by atoms with Crippen molar-refractivity contribution in [2.24, 2.45) is 0 Å². The van der Waals surface area contributed by atoms with Crippen LogP contribution in [0.4, 0.5) is 0 Å². The van der Waals surface area contributed by atoms with Crippen LogP contribution in [0.3, 0.4) is 0 Å². The van der Waals surface area contributed by atoms with Gasteiger partial charge in [-0.15, -0.1) is 0 Å². The summed E-state index contributed by atoms with van der Waals surface area (Å²) >= 11 is 0. The third kappa shape index (κ3) is 2.91. The molecule has 0 saturated heterocycles. The van der Waals surface area contributed by atoms with Gasteiger partial charge in [0.2, 0.25) is 0 Å². The molecule has 2 rings (SSSR count). The molecule has 2 aromatic heterocycles. The van der Waals surface area contributed by atoms with Crippen molar-refractivity contribution in [2.45, 2.75) is 32.9 Å². The van der Waals surface area contributed by atoms with Crippen LogP contribution < -0.4 is 0 Å². The van der Waals surface area contributed by atoms with Crippen LogP contribution in [-0.2, 0) is 12.1 Å². The maximum Gasteiger partial charge on any atom is 0.101 e. The summed E-state index contributed by atoms with van der Waals surface area (Å²) in [5.74, 6) is 0. The van der Waals surface area contributed by atoms with E-state index in [0.717, 1.165) is 11.3 Å². The van der Waals surface area contributed by atoms with Gasteiger partial charge < -0.3 is 5.11 Å². The second kappa shape index (κ2) is 4.30. The van der Waals surface area contributed by atoms with E-state index in [9.17, 15) is 5.11 Å². The third-order valence-electron chi connectivity index (χ3n) is 2.52. The average molecular weight is 231 g/mol. The van der Waals surface area contributed by atoms with Crippen molar-refractivity contribution in [3.63, 3.8) is 0 Å². The Morgan fingerprint density at radius 1 is 1.35 bits per heavy atom. The summed E-state index contributed by atoms with van der Waals surface area (Å²) in [5, 5.41) is 14.1. The normalized spacial score (nSPS) is 11.8. The Hall–Kier alpha value is -1.68. The molecule has 0 atom stereocenters. The van der Waals surface area contributed by atoms with Crippen LogP contribution in [0, 0.1) is 6.92 Å². The lowest BCUT2D eigenvalue weighted by atomic mass is 10.0. The zero-order chi connectivity index (χ0) is 12.5. The van der Waals surface area contributed by atoms with E-state index in [2.05, 4.69) is 10.1 Å². The molecule has 0 fully saturated rings. The van der Waals surface area contributed by atoms with Crippen LogP contribution >= 0.6 is 0 Å². The molecule has 0 aliphatic rings. The molecule has 0 unspecified atom stereocenters. The second-order valence-corrected chi connectivity index (χ2v) is 4.79. The Morgan fingerprint density at radius 3 is 2.71 bits per heavy atom. The number of aliphatic hydroxyl groups is 1. The molecule has 0 aliphatic heterocycles. The monoisotopic (exact) mass is 231 g/mol. The fourth-order valence-electron chi connectivity index (χ4n) is 1.63. The minimum absolute atomic E-state index is 0.623. The van der Waals surface area contributed by atoms with Crippen molar-refractivity contribution in [1.82, 2.24) is 14.8 Å². The molecule has 1 N–H and O–H groups in total. The number of aromatic nitrogens is 3. The summed E-state index contributed by atoms with van der Waals surface area (Å²) in [7, 11) is 0. The van der Waals surface area contributed by atoms with Crippen molar-refractivity contribution in [3.05, 3.63) is 47.5 Å². The molecule has 0 aromatic carbocycles. The quantitative estimate of drug-likeness (QED) is 0.877. The van der Waals surface area contributed by atoms with Crippen molar-refractivity contribution < 1.29 is 5.11 Å². The zero-order valence-corrected chi connectivity index (χ0v) is 10.4. The van der Waals surface area contributed by atoms with Crippen LogP contribution in [0.25, 0.3) is 0 Å². The van der Waals surface area contributed by atoms with E-state index in [4.69, 9.17) is 0 Å². The standard InChI is InChI=1S/C13H17N3O/c1-10-7-14-16(8-10)9-11-5-4-6-12(15-11)13(2,3)17/h4-8,17H,9H2,1-3H3. The minimum Gasteiger partial charge on any atom is -0.384 e. The Balaban J connectivity index is 2.22. The van der Waals surface area contributed by atoms with Crippen molar-refractivity contribution in [1.29, 1.82) is 0 Å². The van der Waals surface area contributed by atoms with Gasteiger partial charge in [0.05, 0.1) is 24.1 Å². The maximum atomic E-state index is 9.90. The Kier molecular flexibility index (Phi) is 2.98. The lowest BCUT2D eigenvalue weighted by molar-refractivity contribution is 0.0736. The van der Waals surface area contributed by atoms with Crippen molar-refractivity contribution >= 4 is 0 Å². The van der Waals surface area contributed by atoms with Crippen molar-refractivity contribution in [2.75, 3.05) is 0 Å². The summed E-state index contributed by atoms with van der Waals surface area (Å²) in [6.07, 6.45) is 3.79. The zero-order valence-electron chi connectivity index (χ0n) is 10.4. The fraction of sp³-hybridized carbons (Fsp3) is 0.385. The number of aryl methyl sites for hydroxylation is 1. The van der Waals surface area contributed by atoms with E-state index < -0.39 is 5.60 Å². The van der Waals surface area contributed by atoms with Gasteiger partial charge in [-0.3, -0.25) is 9.67 Å². The smallest absolute Gasteiger partial charge is 0.101 e. The molecule has 0 saturated carbocycles. The SMILES string of the molecule is Cc1cnn(Cc2cccc(C(C)(C)O)n2)c1. The molecule has 2 heterocycles. The van der Waals surface area contributed by atoms with Gasteiger partial charge in [-0.1, -0.05) is 6.07 Å². The van der Waals surface area contributed by atoms with Crippen molar-refractivity contribution in [3.8, 4) is 0 Å². The van der Waals surface area contributed by atoms with E-state index in [1.54, 1.807) is 13.8 Å². The highest BCUT2D eigenvalue weighted by molar-refractivity contribution is 5.16. The van der Waals surface area contributed by atoms with Gasteiger partial charge in [0.1, 0.15) is 5.60 Å². The third-order valence-corrected chi connectivity index (χ3v) is 2.52. The highest BCUT2D eigenvalue weighted by Gasteiger charge is 2.17. The van der Waals surface area contributed by atoms with Crippen LogP contribution in [0.2, 0.25) is 0 Å². The van der Waals surface area contributed by atoms with E-state index in [-0.39, 0.29) is 0 Å². The summed E-state index contributed by atoms with van der Waals surface area (Å²) in [6.45, 7) is 6.09. The Bertz CT molecular complexity index is 511. The Morgan fingerprint density at radius 2 is 2.12 bits per heavy atom. The number of nitrogens with zero attached hydrogens (tertiary/aromatic N) is 3. The number of pyridine rings is 1. The van der Waals surface area contributed by atoms with Crippen LogP contribution in [0.5, 0.6) is 0 Å². The van der Waals surface area contributed by atoms with E-state index in [1.165, 1.54) is 0 Å². The Labute approximate surface area is 101 Å². The van der Waals surface area contributed by atoms with E-state index in [0.29, 0.717) is 12.2 Å². The molecule has 90 valence electrons. The van der Waals surface area contributed by atoms with E-state index in [1.807, 2.05) is 42.2 Å². The molecule has 2 aromatic rings. The van der Waals surface area contributed by atoms with Gasteiger partial charge in [-0.2, -0.15) is 5.10 Å². The fourth-order valence-corrected chi connectivity index (χ4v) is 1.63. The van der Waals surface area contributed by atoms with Gasteiger partial charge in [0.15, 0.2) is 0 Å². The average Bonchev–Trinajstić information content (AvgIpc) is 2.63. The molecule has 0 amide bonds. The minimum atomic E-state index is -0.907. The molecular formula is C13H17N3O. The molecular weight excluding hydrogens is 214 g/mol. The van der Waals surface area contributed by atoms with Crippen LogP contribution in [-0.4, -0.2) is 19.9 Å². The first-order chi connectivity index (χ1) is 7.95. The molecule has 0 spiro atoms. The highest BCUT2D eigenvalue weighted by Crippen LogP contribution is 2.17. The summed E-state index contributed by atoms with van der Waals surface area (Å²) in [6, 6.07) is 5.68. The molecule has 4 nitrogen and oxygen atoms in total. The molecule has 0 aliphatic carbocycles.